The van der Waals surface area contributed by atoms with Gasteiger partial charge in [0.25, 0.3) is 0 Å². The molecule has 3 aromatic carbocycles. The van der Waals surface area contributed by atoms with E-state index in [4.69, 9.17) is 22.9 Å². The minimum absolute atomic E-state index is 0. The number of hydrogen-bond acceptors (Lipinski definition) is 8. The smallest absolute Gasteiger partial charge is 0.109 e. The number of azo groups is 2. The van der Waals surface area contributed by atoms with E-state index in [0.717, 1.165) is 0 Å². The van der Waals surface area contributed by atoms with Gasteiger partial charge in [-0.1, -0.05) is 6.07 Å². The van der Waals surface area contributed by atoms with Gasteiger partial charge in [-0.3, -0.25) is 0 Å². The van der Waals surface area contributed by atoms with E-state index < -0.39 is 0 Å². The van der Waals surface area contributed by atoms with Crippen LogP contribution in [0.5, 0.6) is 0 Å². The van der Waals surface area contributed by atoms with E-state index in [0.29, 0.717) is 45.5 Å². The number of benzene rings is 3. The zero-order valence-corrected chi connectivity index (χ0v) is 16.3. The molecule has 0 saturated carbocycles. The molecule has 3 aromatic rings. The monoisotopic (exact) mass is 418 g/mol. The Kier molecular flexibility index (Phi) is 8.18. The van der Waals surface area contributed by atoms with Gasteiger partial charge in [-0.05, 0) is 54.6 Å². The fourth-order valence-electron chi connectivity index (χ4n) is 2.17. The van der Waals surface area contributed by atoms with Gasteiger partial charge in [-0.25, -0.2) is 0 Å². The standard InChI is InChI=1S/C18H18N8.2ClH/c19-11-4-6-17(15(21)8-11)25-23-13-2-1-3-14(10-13)24-26-18-7-5-12(20)9-16(18)22;;/h1-10H,19-22H2;2*1H/b25-23+,26-24+;;. The van der Waals surface area contributed by atoms with Crippen LogP contribution in [0.4, 0.5) is 45.5 Å². The number of halogens is 2. The molecule has 10 heteroatoms. The summed E-state index contributed by atoms with van der Waals surface area (Å²) in [7, 11) is 0. The van der Waals surface area contributed by atoms with Gasteiger partial charge in [0.2, 0.25) is 0 Å². The summed E-state index contributed by atoms with van der Waals surface area (Å²) in [5, 5.41) is 16.6. The third-order valence-electron chi connectivity index (χ3n) is 3.48. The van der Waals surface area contributed by atoms with Crippen LogP contribution in [-0.4, -0.2) is 0 Å². The lowest BCUT2D eigenvalue weighted by Crippen LogP contribution is -1.89. The third-order valence-corrected chi connectivity index (χ3v) is 3.48. The average molecular weight is 419 g/mol. The molecule has 0 saturated heterocycles. The number of rotatable bonds is 4. The van der Waals surface area contributed by atoms with Gasteiger partial charge in [0.05, 0.1) is 22.7 Å². The molecule has 0 aliphatic heterocycles. The van der Waals surface area contributed by atoms with Crippen LogP contribution in [0, 0.1) is 0 Å². The van der Waals surface area contributed by atoms with Gasteiger partial charge < -0.3 is 22.9 Å². The van der Waals surface area contributed by atoms with Crippen molar-refractivity contribution in [1.29, 1.82) is 0 Å². The summed E-state index contributed by atoms with van der Waals surface area (Å²) in [6, 6.07) is 17.3. The van der Waals surface area contributed by atoms with Crippen molar-refractivity contribution >= 4 is 70.3 Å². The van der Waals surface area contributed by atoms with E-state index in [1.807, 2.05) is 0 Å². The van der Waals surface area contributed by atoms with Crippen molar-refractivity contribution in [3.63, 3.8) is 0 Å². The maximum Gasteiger partial charge on any atom is 0.109 e. The van der Waals surface area contributed by atoms with Crippen LogP contribution in [-0.2, 0) is 0 Å². The van der Waals surface area contributed by atoms with Crippen LogP contribution in [0.15, 0.2) is 81.1 Å². The molecule has 0 atom stereocenters. The average Bonchev–Trinajstić information content (AvgIpc) is 2.61. The Hall–Kier alpha value is -3.36. The lowest BCUT2D eigenvalue weighted by Gasteiger charge is -2.01. The maximum atomic E-state index is 5.86. The zero-order chi connectivity index (χ0) is 18.5. The molecule has 0 unspecified atom stereocenters. The molecule has 8 N–H and O–H groups in total. The minimum atomic E-state index is 0. The van der Waals surface area contributed by atoms with Crippen molar-refractivity contribution in [3.8, 4) is 0 Å². The normalized spacial score (nSPS) is 10.6. The first kappa shape index (κ1) is 22.7. The Labute approximate surface area is 174 Å². The maximum absolute atomic E-state index is 5.86. The number of nitrogens with zero attached hydrogens (tertiary/aromatic N) is 4. The Morgan fingerprint density at radius 3 is 1.32 bits per heavy atom. The first-order valence-electron chi connectivity index (χ1n) is 7.75. The van der Waals surface area contributed by atoms with Crippen molar-refractivity contribution in [2.45, 2.75) is 0 Å². The molecular formula is C18H20Cl2N8. The Morgan fingerprint density at radius 1 is 0.500 bits per heavy atom. The van der Waals surface area contributed by atoms with Crippen LogP contribution in [0.1, 0.15) is 0 Å². The lowest BCUT2D eigenvalue weighted by atomic mass is 10.2. The van der Waals surface area contributed by atoms with E-state index in [1.165, 1.54) is 0 Å². The quantitative estimate of drug-likeness (QED) is 0.317. The van der Waals surface area contributed by atoms with Crippen molar-refractivity contribution in [3.05, 3.63) is 60.7 Å². The van der Waals surface area contributed by atoms with Gasteiger partial charge in [-0.15, -0.1) is 35.0 Å². The number of hydrogen-bond donors (Lipinski definition) is 4. The highest BCUT2D eigenvalue weighted by molar-refractivity contribution is 5.85. The van der Waals surface area contributed by atoms with E-state index >= 15 is 0 Å². The Balaban J connectivity index is 0.00000196. The summed E-state index contributed by atoms with van der Waals surface area (Å²) in [6.07, 6.45) is 0. The third kappa shape index (κ3) is 5.83. The number of nitrogens with two attached hydrogens (primary N) is 4. The summed E-state index contributed by atoms with van der Waals surface area (Å²) in [6.45, 7) is 0. The molecule has 8 nitrogen and oxygen atoms in total. The predicted octanol–water partition coefficient (Wildman–Crippen LogP) is 5.69. The van der Waals surface area contributed by atoms with Crippen molar-refractivity contribution in [2.75, 3.05) is 22.9 Å². The Bertz CT molecular complexity index is 928. The molecule has 0 aromatic heterocycles. The first-order chi connectivity index (χ1) is 12.5. The van der Waals surface area contributed by atoms with Crippen molar-refractivity contribution in [1.82, 2.24) is 0 Å². The number of anilines is 4. The summed E-state index contributed by atoms with van der Waals surface area (Å²) in [4.78, 5) is 0. The second kappa shape index (κ2) is 10.1. The van der Waals surface area contributed by atoms with Gasteiger partial charge in [0.15, 0.2) is 0 Å². The fourth-order valence-corrected chi connectivity index (χ4v) is 2.17. The SMILES string of the molecule is Cl.Cl.Nc1ccc(/N=N/c2cccc(/N=N/c3ccc(N)cc3N)c2)c(N)c1. The van der Waals surface area contributed by atoms with Crippen LogP contribution in [0.25, 0.3) is 0 Å². The van der Waals surface area contributed by atoms with E-state index in [2.05, 4.69) is 20.5 Å². The molecule has 0 amide bonds. The van der Waals surface area contributed by atoms with E-state index in [9.17, 15) is 0 Å². The highest BCUT2D eigenvalue weighted by Gasteiger charge is 2.00. The lowest BCUT2D eigenvalue weighted by molar-refractivity contribution is 1.21. The topological polar surface area (TPSA) is 154 Å². The van der Waals surface area contributed by atoms with Crippen LogP contribution in [0.2, 0.25) is 0 Å². The summed E-state index contributed by atoms with van der Waals surface area (Å²) < 4.78 is 0. The van der Waals surface area contributed by atoms with Gasteiger partial charge in [0.1, 0.15) is 11.4 Å². The van der Waals surface area contributed by atoms with Crippen LogP contribution in [0.3, 0.4) is 0 Å². The second-order valence-electron chi connectivity index (χ2n) is 5.56. The molecule has 3 rings (SSSR count). The highest BCUT2D eigenvalue weighted by Crippen LogP contribution is 2.29. The summed E-state index contributed by atoms with van der Waals surface area (Å²) in [5.41, 5.74) is 27.4. The summed E-state index contributed by atoms with van der Waals surface area (Å²) in [5.74, 6) is 0. The molecule has 0 fully saturated rings. The summed E-state index contributed by atoms with van der Waals surface area (Å²) >= 11 is 0. The van der Waals surface area contributed by atoms with E-state index in [1.54, 1.807) is 60.7 Å². The fraction of sp³-hybridized carbons (Fsp3) is 0. The first-order valence-corrected chi connectivity index (χ1v) is 7.75. The molecular weight excluding hydrogens is 399 g/mol. The largest absolute Gasteiger partial charge is 0.399 e. The zero-order valence-electron chi connectivity index (χ0n) is 14.7. The molecule has 0 aliphatic carbocycles. The molecule has 0 spiro atoms. The molecule has 28 heavy (non-hydrogen) atoms. The van der Waals surface area contributed by atoms with E-state index in [-0.39, 0.29) is 24.8 Å². The second-order valence-corrected chi connectivity index (χ2v) is 5.56. The highest BCUT2D eigenvalue weighted by atomic mass is 35.5. The minimum Gasteiger partial charge on any atom is -0.399 e. The van der Waals surface area contributed by atoms with Crippen LogP contribution >= 0.6 is 24.8 Å². The predicted molar refractivity (Wildman–Crippen MR) is 120 cm³/mol. The van der Waals surface area contributed by atoms with Gasteiger partial charge in [0, 0.05) is 11.4 Å². The Morgan fingerprint density at radius 2 is 0.929 bits per heavy atom. The molecule has 0 bridgehead atoms. The van der Waals surface area contributed by atoms with Gasteiger partial charge >= 0.3 is 0 Å². The molecule has 0 heterocycles. The van der Waals surface area contributed by atoms with Gasteiger partial charge in [-0.2, -0.15) is 10.2 Å². The molecule has 0 aliphatic rings. The number of nitrogen functional groups attached to an aromatic ring is 4. The van der Waals surface area contributed by atoms with Crippen molar-refractivity contribution < 1.29 is 0 Å². The molecule has 146 valence electrons. The molecule has 0 radical (unpaired) electrons. The van der Waals surface area contributed by atoms with Crippen molar-refractivity contribution in [2.24, 2.45) is 20.5 Å². The van der Waals surface area contributed by atoms with Crippen LogP contribution < -0.4 is 22.9 Å².